The second-order valence-electron chi connectivity index (χ2n) is 8.10. The summed E-state index contributed by atoms with van der Waals surface area (Å²) >= 11 is 0. The Morgan fingerprint density at radius 1 is 1.27 bits per heavy atom. The highest BCUT2D eigenvalue weighted by molar-refractivity contribution is 5.95. The number of para-hydroxylation sites is 1. The number of aryl methyl sites for hydroxylation is 1. The van der Waals surface area contributed by atoms with Crippen LogP contribution < -0.4 is 26.0 Å². The molecule has 0 aliphatic carbocycles. The lowest BCUT2D eigenvalue weighted by molar-refractivity contribution is 0.417. The number of fused-ring (bicyclic) bond motifs is 1. The Balaban J connectivity index is 1.59. The van der Waals surface area contributed by atoms with Crippen molar-refractivity contribution >= 4 is 33.9 Å². The van der Waals surface area contributed by atoms with Gasteiger partial charge >= 0.3 is 0 Å². The Kier molecular flexibility index (Phi) is 5.33. The lowest BCUT2D eigenvalue weighted by Crippen LogP contribution is -2.35. The number of ether oxygens (including phenoxy) is 1. The summed E-state index contributed by atoms with van der Waals surface area (Å²) in [6.45, 7) is 0.0407. The highest BCUT2D eigenvalue weighted by Crippen LogP contribution is 2.36. The molecule has 0 saturated heterocycles. The van der Waals surface area contributed by atoms with Crippen LogP contribution in [-0.2, 0) is 7.05 Å². The lowest BCUT2D eigenvalue weighted by atomic mass is 10.1. The van der Waals surface area contributed by atoms with Gasteiger partial charge in [-0.2, -0.15) is 0 Å². The number of nitrogens with one attached hydrogen (secondary N) is 2. The molecular weight excluding hydrogens is 414 g/mol. The van der Waals surface area contributed by atoms with E-state index in [1.165, 1.54) is 0 Å². The molecular formula is C25H31N7O. The van der Waals surface area contributed by atoms with Crippen molar-refractivity contribution in [1.82, 2.24) is 19.9 Å². The molecule has 0 amide bonds. The summed E-state index contributed by atoms with van der Waals surface area (Å²) in [6, 6.07) is 13.4. The number of methoxy groups -OCH3 is 1. The van der Waals surface area contributed by atoms with Crippen molar-refractivity contribution in [2.45, 2.75) is 13.0 Å². The fourth-order valence-corrected chi connectivity index (χ4v) is 3.97. The van der Waals surface area contributed by atoms with Crippen LogP contribution in [-0.4, -0.2) is 48.3 Å². The summed E-state index contributed by atoms with van der Waals surface area (Å²) in [5.41, 5.74) is 11.2. The molecule has 4 N–H and O–H groups in total. The molecule has 0 fully saturated rings. The van der Waals surface area contributed by atoms with Crippen LogP contribution in [0, 0.1) is 0 Å². The minimum absolute atomic E-state index is 0.282. The van der Waals surface area contributed by atoms with Gasteiger partial charge < -0.3 is 30.6 Å². The minimum atomic E-state index is -2.21. The number of nitrogens with zero attached hydrogens (tertiary/aromatic N) is 4. The third-order valence-corrected chi connectivity index (χ3v) is 5.63. The second-order valence-corrected chi connectivity index (χ2v) is 8.10. The largest absolute Gasteiger partial charge is 0.494 e. The smallest absolute Gasteiger partial charge is 0.227 e. The number of likely N-dealkylation sites (N-methyl/N-ethyl adjacent to an activating group) is 2. The van der Waals surface area contributed by atoms with Crippen molar-refractivity contribution in [3.8, 4) is 17.0 Å². The van der Waals surface area contributed by atoms with Gasteiger partial charge in [0.1, 0.15) is 5.75 Å². The first kappa shape index (κ1) is 18.8. The van der Waals surface area contributed by atoms with Crippen LogP contribution in [0.25, 0.3) is 22.2 Å². The zero-order valence-electron chi connectivity index (χ0n) is 22.3. The molecule has 2 aromatic heterocycles. The van der Waals surface area contributed by atoms with Gasteiger partial charge in [0.25, 0.3) is 0 Å². The maximum atomic E-state index is 7.40. The molecule has 8 heteroatoms. The van der Waals surface area contributed by atoms with Crippen molar-refractivity contribution < 1.29 is 8.85 Å². The van der Waals surface area contributed by atoms with Gasteiger partial charge in [-0.3, -0.25) is 0 Å². The lowest BCUT2D eigenvalue weighted by Gasteiger charge is -2.25. The van der Waals surface area contributed by atoms with Gasteiger partial charge in [-0.15, -0.1) is 0 Å². The summed E-state index contributed by atoms with van der Waals surface area (Å²) in [6.07, 6.45) is 3.77. The molecule has 1 unspecified atom stereocenters. The predicted octanol–water partition coefficient (Wildman–Crippen LogP) is 4.01. The van der Waals surface area contributed by atoms with Crippen LogP contribution in [0.15, 0.2) is 54.9 Å². The van der Waals surface area contributed by atoms with Gasteiger partial charge in [0.2, 0.25) is 5.95 Å². The first-order valence-electron chi connectivity index (χ1n) is 12.2. The zero-order valence-corrected chi connectivity index (χ0v) is 19.3. The monoisotopic (exact) mass is 448 g/mol. The Hall–Kier alpha value is -3.78. The van der Waals surface area contributed by atoms with Crippen molar-refractivity contribution in [3.63, 3.8) is 0 Å². The van der Waals surface area contributed by atoms with Gasteiger partial charge in [-0.1, -0.05) is 18.2 Å². The van der Waals surface area contributed by atoms with Crippen molar-refractivity contribution in [2.24, 2.45) is 7.05 Å². The Labute approximate surface area is 198 Å². The highest BCUT2D eigenvalue weighted by atomic mass is 16.5. The fourth-order valence-electron chi connectivity index (χ4n) is 3.97. The van der Waals surface area contributed by atoms with Gasteiger partial charge in [-0.05, 0) is 32.1 Å². The number of anilines is 4. The van der Waals surface area contributed by atoms with Crippen LogP contribution in [0.5, 0.6) is 5.75 Å². The summed E-state index contributed by atoms with van der Waals surface area (Å²) in [7, 11) is 5.44. The molecule has 0 bridgehead atoms. The van der Waals surface area contributed by atoms with Crippen LogP contribution in [0.1, 0.15) is 11.0 Å². The van der Waals surface area contributed by atoms with Gasteiger partial charge in [0.15, 0.2) is 0 Å². The van der Waals surface area contributed by atoms with Crippen molar-refractivity contribution in [3.05, 3.63) is 54.9 Å². The molecule has 8 nitrogen and oxygen atoms in total. The van der Waals surface area contributed by atoms with E-state index in [1.54, 1.807) is 19.4 Å². The maximum Gasteiger partial charge on any atom is 0.227 e. The Morgan fingerprint density at radius 3 is 2.88 bits per heavy atom. The number of rotatable bonds is 8. The van der Waals surface area contributed by atoms with E-state index in [1.807, 2.05) is 50.2 Å². The number of aromatic nitrogens is 3. The third kappa shape index (κ3) is 4.56. The van der Waals surface area contributed by atoms with E-state index < -0.39 is 6.98 Å². The maximum absolute atomic E-state index is 7.40. The highest BCUT2D eigenvalue weighted by Gasteiger charge is 2.15. The Morgan fingerprint density at radius 2 is 2.09 bits per heavy atom. The average molecular weight is 449 g/mol. The van der Waals surface area contributed by atoms with Crippen LogP contribution in [0.4, 0.5) is 23.0 Å². The van der Waals surface area contributed by atoms with E-state index in [4.69, 9.17) is 19.6 Å². The van der Waals surface area contributed by atoms with Crippen LogP contribution in [0.2, 0.25) is 0 Å². The van der Waals surface area contributed by atoms with Gasteiger partial charge in [0, 0.05) is 65.7 Å². The second kappa shape index (κ2) is 9.38. The van der Waals surface area contributed by atoms with E-state index in [0.717, 1.165) is 27.8 Å². The standard InChI is InChI=1S/C25H31N7O/c1-16(27-2)14-31(3)23-13-24(33-5)21(12-19(23)26)30-25-28-11-10-20(29-25)18-15-32(4)22-9-7-6-8-17(18)22/h6-13,15-16,27H,14,26H2,1-5H3,(H,28,29,30)/i2D3. The van der Waals surface area contributed by atoms with Gasteiger partial charge in [0.05, 0.1) is 29.9 Å². The van der Waals surface area contributed by atoms with Crippen molar-refractivity contribution in [2.75, 3.05) is 43.6 Å². The van der Waals surface area contributed by atoms with E-state index in [0.29, 0.717) is 29.6 Å². The Bertz CT molecular complexity index is 1370. The quantitative estimate of drug-likeness (QED) is 0.351. The number of hydrogen-bond acceptors (Lipinski definition) is 7. The molecule has 1 atom stereocenters. The SMILES string of the molecule is [2H]C([2H])([2H])NC(C)CN(C)c1cc(OC)c(Nc2nccc(-c3cn(C)c4ccccc34)n2)cc1N. The zero-order chi connectivity index (χ0) is 26.0. The average Bonchev–Trinajstić information content (AvgIpc) is 3.15. The van der Waals surface area contributed by atoms with Crippen LogP contribution >= 0.6 is 0 Å². The molecule has 0 aliphatic heterocycles. The van der Waals surface area contributed by atoms with Crippen LogP contribution in [0.3, 0.4) is 0 Å². The molecule has 2 aromatic carbocycles. The molecule has 4 rings (SSSR count). The molecule has 172 valence electrons. The summed E-state index contributed by atoms with van der Waals surface area (Å²) < 4.78 is 29.9. The predicted molar refractivity (Wildman–Crippen MR) is 136 cm³/mol. The van der Waals surface area contributed by atoms with Crippen molar-refractivity contribution in [1.29, 1.82) is 0 Å². The number of hydrogen-bond donors (Lipinski definition) is 3. The fraction of sp³-hybridized carbons (Fsp3) is 0.280. The molecule has 33 heavy (non-hydrogen) atoms. The molecule has 0 spiro atoms. The van der Waals surface area contributed by atoms with E-state index in [2.05, 4.69) is 38.5 Å². The molecule has 4 aromatic rings. The normalized spacial score (nSPS) is 13.8. The first-order chi connectivity index (χ1) is 17.1. The topological polar surface area (TPSA) is 93.3 Å². The van der Waals surface area contributed by atoms with Gasteiger partial charge in [-0.25, -0.2) is 9.97 Å². The third-order valence-electron chi connectivity index (χ3n) is 5.63. The summed E-state index contributed by atoms with van der Waals surface area (Å²) in [5.74, 6) is 0.969. The molecule has 0 saturated carbocycles. The minimum Gasteiger partial charge on any atom is -0.494 e. The number of benzene rings is 2. The molecule has 0 aliphatic rings. The molecule has 2 heterocycles. The van der Waals surface area contributed by atoms with E-state index in [9.17, 15) is 0 Å². The molecule has 0 radical (unpaired) electrons. The number of nitrogens with two attached hydrogens (primary N) is 1. The van der Waals surface area contributed by atoms with E-state index in [-0.39, 0.29) is 6.04 Å². The summed E-state index contributed by atoms with van der Waals surface area (Å²) in [4.78, 5) is 11.0. The van der Waals surface area contributed by atoms with E-state index >= 15 is 0 Å². The number of nitrogen functional groups attached to an aromatic ring is 1. The summed E-state index contributed by atoms with van der Waals surface area (Å²) in [5, 5.41) is 6.94. The first-order valence-corrected chi connectivity index (χ1v) is 10.7.